The second-order valence-electron chi connectivity index (χ2n) is 6.75. The third kappa shape index (κ3) is 2.47. The van der Waals surface area contributed by atoms with Gasteiger partial charge in [0.1, 0.15) is 11.4 Å². The Morgan fingerprint density at radius 3 is 2.65 bits per heavy atom. The van der Waals surface area contributed by atoms with Crippen LogP contribution in [0.5, 0.6) is 0 Å². The summed E-state index contributed by atoms with van der Waals surface area (Å²) in [5, 5.41) is 10.9. The van der Waals surface area contributed by atoms with Crippen LogP contribution in [0.15, 0.2) is 42.9 Å². The number of nitrogens with one attached hydrogen (secondary N) is 1. The number of aromatic nitrogens is 3. The first kappa shape index (κ1) is 16.4. The number of H-pyrrole nitrogens is 1. The van der Waals surface area contributed by atoms with Gasteiger partial charge in [0.05, 0.1) is 0 Å². The van der Waals surface area contributed by atoms with Gasteiger partial charge in [-0.25, -0.2) is 9.78 Å². The third-order valence-corrected chi connectivity index (χ3v) is 5.36. The first-order chi connectivity index (χ1) is 12.5. The Balaban J connectivity index is 1.56. The fourth-order valence-electron chi connectivity index (χ4n) is 3.83. The zero-order chi connectivity index (χ0) is 18.3. The Labute approximate surface area is 150 Å². The zero-order valence-electron chi connectivity index (χ0n) is 14.5. The number of carboxylic acid groups (broad SMARTS) is 1. The molecule has 1 amide bonds. The van der Waals surface area contributed by atoms with Crippen LogP contribution in [0.1, 0.15) is 29.0 Å². The van der Waals surface area contributed by atoms with Crippen LogP contribution in [0.3, 0.4) is 0 Å². The summed E-state index contributed by atoms with van der Waals surface area (Å²) in [4.78, 5) is 33.9. The second-order valence-corrected chi connectivity index (χ2v) is 6.75. The van der Waals surface area contributed by atoms with Gasteiger partial charge in [0, 0.05) is 42.8 Å². The molecule has 4 rings (SSSR count). The molecular weight excluding hydrogens is 332 g/mol. The number of aromatic amines is 1. The minimum absolute atomic E-state index is 0.0668. The number of nitrogens with zero attached hydrogens (tertiary/aromatic N) is 3. The van der Waals surface area contributed by atoms with Crippen LogP contribution in [0, 0.1) is 6.92 Å². The number of amides is 1. The number of carbonyl (C=O) groups is 2. The molecule has 134 valence electrons. The van der Waals surface area contributed by atoms with Crippen molar-refractivity contribution < 1.29 is 14.7 Å². The predicted molar refractivity (Wildman–Crippen MR) is 96.0 cm³/mol. The molecule has 0 spiro atoms. The number of rotatable bonds is 3. The highest BCUT2D eigenvalue weighted by Gasteiger charge is 2.44. The van der Waals surface area contributed by atoms with E-state index >= 15 is 0 Å². The molecule has 1 aliphatic rings. The number of carboxylic acids is 1. The van der Waals surface area contributed by atoms with Crippen LogP contribution < -0.4 is 0 Å². The van der Waals surface area contributed by atoms with Crippen molar-refractivity contribution in [2.45, 2.75) is 25.3 Å². The van der Waals surface area contributed by atoms with Gasteiger partial charge in [-0.05, 0) is 43.4 Å². The normalized spacial score (nSPS) is 16.7. The third-order valence-electron chi connectivity index (χ3n) is 5.36. The van der Waals surface area contributed by atoms with E-state index in [1.807, 2.05) is 30.5 Å². The molecule has 0 unspecified atom stereocenters. The number of likely N-dealkylation sites (tertiary alicyclic amines) is 1. The van der Waals surface area contributed by atoms with E-state index in [0.717, 1.165) is 10.9 Å². The van der Waals surface area contributed by atoms with Gasteiger partial charge in [0.2, 0.25) is 0 Å². The molecule has 1 fully saturated rings. The van der Waals surface area contributed by atoms with Gasteiger partial charge in [-0.2, -0.15) is 0 Å². The summed E-state index contributed by atoms with van der Waals surface area (Å²) in [6.07, 6.45) is 5.88. The summed E-state index contributed by atoms with van der Waals surface area (Å²) >= 11 is 0. The number of carbonyl (C=O) groups excluding carboxylic acids is 1. The summed E-state index contributed by atoms with van der Waals surface area (Å²) in [7, 11) is 0. The van der Waals surface area contributed by atoms with Crippen molar-refractivity contribution in [3.63, 3.8) is 0 Å². The van der Waals surface area contributed by atoms with Crippen LogP contribution in [-0.2, 0) is 10.3 Å². The summed E-state index contributed by atoms with van der Waals surface area (Å²) in [5.74, 6) is -0.272. The molecule has 3 heterocycles. The first-order valence-electron chi connectivity index (χ1n) is 8.61. The molecule has 0 atom stereocenters. The monoisotopic (exact) mass is 352 g/mol. The maximum absolute atomic E-state index is 12.8. The van der Waals surface area contributed by atoms with Crippen LogP contribution in [0.4, 0.5) is 0 Å². The summed E-state index contributed by atoms with van der Waals surface area (Å²) < 4.78 is 1.72. The lowest BCUT2D eigenvalue weighted by molar-refractivity contribution is -0.150. The number of benzene rings is 1. The molecule has 26 heavy (non-hydrogen) atoms. The Morgan fingerprint density at radius 1 is 1.23 bits per heavy atom. The van der Waals surface area contributed by atoms with Gasteiger partial charge in [0.25, 0.3) is 5.91 Å². The fourth-order valence-corrected chi connectivity index (χ4v) is 3.83. The number of piperidine rings is 1. The average Bonchev–Trinajstić information content (AvgIpc) is 3.29. The number of hydrogen-bond donors (Lipinski definition) is 2. The van der Waals surface area contributed by atoms with Crippen LogP contribution >= 0.6 is 0 Å². The maximum atomic E-state index is 12.8. The average molecular weight is 352 g/mol. The summed E-state index contributed by atoms with van der Waals surface area (Å²) in [5.41, 5.74) is 0.490. The number of aliphatic carboxylic acids is 1. The van der Waals surface area contributed by atoms with Crippen molar-refractivity contribution >= 4 is 22.8 Å². The highest BCUT2D eigenvalue weighted by molar-refractivity contribution is 5.98. The van der Waals surface area contributed by atoms with Crippen molar-refractivity contribution in [1.29, 1.82) is 0 Å². The van der Waals surface area contributed by atoms with Gasteiger partial charge in [-0.1, -0.05) is 6.07 Å². The highest BCUT2D eigenvalue weighted by atomic mass is 16.4. The van der Waals surface area contributed by atoms with Crippen molar-refractivity contribution in [2.24, 2.45) is 0 Å². The molecule has 2 aromatic heterocycles. The van der Waals surface area contributed by atoms with Crippen molar-refractivity contribution in [2.75, 3.05) is 13.1 Å². The predicted octanol–water partition coefficient (Wildman–Crippen LogP) is 2.39. The molecule has 1 aliphatic heterocycles. The number of aryl methyl sites for hydroxylation is 1. The molecule has 3 aromatic rings. The molecule has 0 aliphatic carbocycles. The van der Waals surface area contributed by atoms with Crippen LogP contribution in [0.25, 0.3) is 10.9 Å². The molecule has 0 radical (unpaired) electrons. The van der Waals surface area contributed by atoms with E-state index in [-0.39, 0.29) is 5.91 Å². The topological polar surface area (TPSA) is 91.2 Å². The molecule has 1 aromatic carbocycles. The van der Waals surface area contributed by atoms with Crippen molar-refractivity contribution in [3.05, 3.63) is 54.2 Å². The molecular formula is C19H20N4O3. The lowest BCUT2D eigenvalue weighted by atomic mass is 9.86. The zero-order valence-corrected chi connectivity index (χ0v) is 14.5. The van der Waals surface area contributed by atoms with E-state index in [2.05, 4.69) is 9.97 Å². The Hall–Kier alpha value is -3.09. The summed E-state index contributed by atoms with van der Waals surface area (Å²) in [6.45, 7) is 2.59. The van der Waals surface area contributed by atoms with Crippen molar-refractivity contribution in [1.82, 2.24) is 19.4 Å². The molecule has 7 heteroatoms. The van der Waals surface area contributed by atoms with Crippen LogP contribution in [-0.4, -0.2) is 49.5 Å². The second kappa shape index (κ2) is 6.01. The quantitative estimate of drug-likeness (QED) is 0.757. The van der Waals surface area contributed by atoms with Crippen molar-refractivity contribution in [3.8, 4) is 0 Å². The minimum Gasteiger partial charge on any atom is -0.479 e. The Kier molecular flexibility index (Phi) is 3.79. The van der Waals surface area contributed by atoms with E-state index in [0.29, 0.717) is 37.3 Å². The van der Waals surface area contributed by atoms with E-state index in [1.54, 1.807) is 28.8 Å². The highest BCUT2D eigenvalue weighted by Crippen LogP contribution is 2.32. The van der Waals surface area contributed by atoms with E-state index in [4.69, 9.17) is 0 Å². The van der Waals surface area contributed by atoms with E-state index in [1.165, 1.54) is 0 Å². The molecule has 7 nitrogen and oxygen atoms in total. The van der Waals surface area contributed by atoms with Crippen LogP contribution in [0.2, 0.25) is 0 Å². The van der Waals surface area contributed by atoms with Gasteiger partial charge < -0.3 is 19.6 Å². The lowest BCUT2D eigenvalue weighted by Gasteiger charge is -2.40. The number of hydrogen-bond acceptors (Lipinski definition) is 3. The molecule has 2 N–H and O–H groups in total. The smallest absolute Gasteiger partial charge is 0.330 e. The van der Waals surface area contributed by atoms with Gasteiger partial charge >= 0.3 is 5.97 Å². The Morgan fingerprint density at radius 2 is 2.00 bits per heavy atom. The molecule has 0 saturated carbocycles. The van der Waals surface area contributed by atoms with E-state index in [9.17, 15) is 14.7 Å². The minimum atomic E-state index is -1.04. The number of imidazole rings is 1. The fraction of sp³-hybridized carbons (Fsp3) is 0.316. The van der Waals surface area contributed by atoms with Gasteiger partial charge in [-0.15, -0.1) is 0 Å². The van der Waals surface area contributed by atoms with E-state index < -0.39 is 11.5 Å². The molecule has 0 bridgehead atoms. The lowest BCUT2D eigenvalue weighted by Crippen LogP contribution is -2.52. The number of fused-ring (bicyclic) bond motifs is 1. The first-order valence-corrected chi connectivity index (χ1v) is 8.61. The standard InChI is InChI=1S/C19H20N4O3/c1-13-20-8-11-23(13)19(18(25)26)5-9-22(10-6-19)17(24)15-3-2-14-4-7-21-16(14)12-15/h2-4,7-8,11-12,21H,5-6,9-10H2,1H3,(H,25,26). The SMILES string of the molecule is Cc1nccn1C1(C(=O)O)CCN(C(=O)c2ccc3cc[nH]c3c2)CC1. The van der Waals surface area contributed by atoms with Gasteiger partial charge in [0.15, 0.2) is 0 Å². The van der Waals surface area contributed by atoms with Gasteiger partial charge in [-0.3, -0.25) is 4.79 Å². The Bertz CT molecular complexity index is 980. The summed E-state index contributed by atoms with van der Waals surface area (Å²) in [6, 6.07) is 7.53. The maximum Gasteiger partial charge on any atom is 0.330 e. The largest absolute Gasteiger partial charge is 0.479 e. The molecule has 1 saturated heterocycles.